The van der Waals surface area contributed by atoms with Crippen LogP contribution in [0, 0.1) is 0 Å². The fourth-order valence-electron chi connectivity index (χ4n) is 2.12. The molecule has 0 radical (unpaired) electrons. The average molecular weight is 287 g/mol. The lowest BCUT2D eigenvalue weighted by atomic mass is 9.99. The number of benzene rings is 1. The molecule has 1 heterocycles. The van der Waals surface area contributed by atoms with E-state index in [0.717, 1.165) is 10.4 Å². The number of amides is 1. The van der Waals surface area contributed by atoms with E-state index in [0.29, 0.717) is 12.3 Å². The summed E-state index contributed by atoms with van der Waals surface area (Å²) in [4.78, 5) is 13.1. The molecule has 3 heteroatoms. The summed E-state index contributed by atoms with van der Waals surface area (Å²) in [5, 5.41) is 5.05. The van der Waals surface area contributed by atoms with Crippen LogP contribution < -0.4 is 5.32 Å². The molecule has 1 N–H and O–H groups in total. The third kappa shape index (κ3) is 3.94. The number of thiophene rings is 1. The van der Waals surface area contributed by atoms with Crippen molar-refractivity contribution in [2.24, 2.45) is 0 Å². The van der Waals surface area contributed by atoms with Crippen molar-refractivity contribution in [2.45, 2.75) is 39.2 Å². The molecule has 106 valence electrons. The van der Waals surface area contributed by atoms with Gasteiger partial charge >= 0.3 is 0 Å². The predicted molar refractivity (Wildman–Crippen MR) is 85.1 cm³/mol. The molecule has 2 rings (SSSR count). The minimum absolute atomic E-state index is 0.0451. The van der Waals surface area contributed by atoms with E-state index < -0.39 is 0 Å². The molecule has 2 aromatic rings. The Bertz CT molecular complexity index is 543. The minimum Gasteiger partial charge on any atom is -0.349 e. The maximum absolute atomic E-state index is 12.0. The third-order valence-electron chi connectivity index (χ3n) is 3.40. The lowest BCUT2D eigenvalue weighted by Crippen LogP contribution is -2.27. The standard InChI is InChI=1S/C17H21NOS/c1-12(2)14-6-8-15(9-7-14)13(3)18-17(19)11-16-5-4-10-20-16/h4-10,12-13H,11H2,1-3H3,(H,18,19)/t13-/m1/s1. The molecule has 0 saturated carbocycles. The van der Waals surface area contributed by atoms with Crippen LogP contribution in [0.3, 0.4) is 0 Å². The van der Waals surface area contributed by atoms with Crippen molar-refractivity contribution in [2.75, 3.05) is 0 Å². The molecule has 1 aromatic carbocycles. The second-order valence-electron chi connectivity index (χ2n) is 5.37. The molecule has 0 unspecified atom stereocenters. The summed E-state index contributed by atoms with van der Waals surface area (Å²) >= 11 is 1.62. The maximum atomic E-state index is 12.0. The van der Waals surface area contributed by atoms with Crippen LogP contribution in [0.5, 0.6) is 0 Å². The Labute approximate surface area is 124 Å². The Hall–Kier alpha value is -1.61. The van der Waals surface area contributed by atoms with Gasteiger partial charge in [0.2, 0.25) is 5.91 Å². The van der Waals surface area contributed by atoms with Gasteiger partial charge in [-0.3, -0.25) is 4.79 Å². The molecule has 1 aromatic heterocycles. The molecule has 0 bridgehead atoms. The van der Waals surface area contributed by atoms with Crippen molar-refractivity contribution >= 4 is 17.2 Å². The van der Waals surface area contributed by atoms with E-state index in [9.17, 15) is 4.79 Å². The zero-order chi connectivity index (χ0) is 14.5. The SMILES string of the molecule is CC(C)c1ccc([C@@H](C)NC(=O)Cc2cccs2)cc1. The van der Waals surface area contributed by atoms with Gasteiger partial charge in [0.1, 0.15) is 0 Å². The monoisotopic (exact) mass is 287 g/mol. The van der Waals surface area contributed by atoms with Crippen molar-refractivity contribution in [1.82, 2.24) is 5.32 Å². The van der Waals surface area contributed by atoms with Crippen LogP contribution in [0.2, 0.25) is 0 Å². The number of carbonyl (C=O) groups is 1. The Morgan fingerprint density at radius 1 is 1.10 bits per heavy atom. The Balaban J connectivity index is 1.93. The molecular weight excluding hydrogens is 266 g/mol. The van der Waals surface area contributed by atoms with Crippen molar-refractivity contribution in [3.63, 3.8) is 0 Å². The Morgan fingerprint density at radius 3 is 2.30 bits per heavy atom. The molecular formula is C17H21NOS. The first kappa shape index (κ1) is 14.8. The quantitative estimate of drug-likeness (QED) is 0.873. The summed E-state index contributed by atoms with van der Waals surface area (Å²) in [6.45, 7) is 6.39. The normalized spacial score (nSPS) is 12.4. The Kier molecular flexibility index (Phi) is 4.96. The van der Waals surface area contributed by atoms with E-state index in [1.807, 2.05) is 24.4 Å². The largest absolute Gasteiger partial charge is 0.349 e. The molecule has 1 atom stereocenters. The number of hydrogen-bond donors (Lipinski definition) is 1. The molecule has 20 heavy (non-hydrogen) atoms. The van der Waals surface area contributed by atoms with Gasteiger partial charge in [0.25, 0.3) is 0 Å². The second kappa shape index (κ2) is 6.71. The van der Waals surface area contributed by atoms with Gasteiger partial charge in [0.05, 0.1) is 12.5 Å². The highest BCUT2D eigenvalue weighted by Crippen LogP contribution is 2.19. The molecule has 0 saturated heterocycles. The van der Waals surface area contributed by atoms with Crippen LogP contribution in [-0.4, -0.2) is 5.91 Å². The molecule has 0 aliphatic carbocycles. The fraction of sp³-hybridized carbons (Fsp3) is 0.353. The fourth-order valence-corrected chi connectivity index (χ4v) is 2.82. The van der Waals surface area contributed by atoms with Crippen molar-refractivity contribution in [3.8, 4) is 0 Å². The van der Waals surface area contributed by atoms with Crippen LogP contribution in [0.1, 0.15) is 48.7 Å². The summed E-state index contributed by atoms with van der Waals surface area (Å²) in [5.41, 5.74) is 2.47. The van der Waals surface area contributed by atoms with Gasteiger partial charge in [0.15, 0.2) is 0 Å². The van der Waals surface area contributed by atoms with E-state index >= 15 is 0 Å². The lowest BCUT2D eigenvalue weighted by Gasteiger charge is -2.15. The zero-order valence-corrected chi connectivity index (χ0v) is 13.0. The van der Waals surface area contributed by atoms with E-state index in [-0.39, 0.29) is 11.9 Å². The summed E-state index contributed by atoms with van der Waals surface area (Å²) < 4.78 is 0. The van der Waals surface area contributed by atoms with Crippen LogP contribution in [0.25, 0.3) is 0 Å². The zero-order valence-electron chi connectivity index (χ0n) is 12.2. The second-order valence-corrected chi connectivity index (χ2v) is 6.40. The predicted octanol–water partition coefficient (Wildman–Crippen LogP) is 4.29. The van der Waals surface area contributed by atoms with Crippen LogP contribution in [0.15, 0.2) is 41.8 Å². The lowest BCUT2D eigenvalue weighted by molar-refractivity contribution is -0.121. The van der Waals surface area contributed by atoms with Gasteiger partial charge < -0.3 is 5.32 Å². The summed E-state index contributed by atoms with van der Waals surface area (Å²) in [5.74, 6) is 0.612. The third-order valence-corrected chi connectivity index (χ3v) is 4.27. The topological polar surface area (TPSA) is 29.1 Å². The minimum atomic E-state index is 0.0451. The number of nitrogens with one attached hydrogen (secondary N) is 1. The van der Waals surface area contributed by atoms with Gasteiger partial charge in [-0.1, -0.05) is 44.2 Å². The van der Waals surface area contributed by atoms with Gasteiger partial charge in [-0.2, -0.15) is 0 Å². The van der Waals surface area contributed by atoms with E-state index in [2.05, 4.69) is 43.4 Å². The smallest absolute Gasteiger partial charge is 0.225 e. The molecule has 2 nitrogen and oxygen atoms in total. The maximum Gasteiger partial charge on any atom is 0.225 e. The van der Waals surface area contributed by atoms with Crippen molar-refractivity contribution in [1.29, 1.82) is 0 Å². The van der Waals surface area contributed by atoms with Crippen LogP contribution in [0.4, 0.5) is 0 Å². The first-order chi connectivity index (χ1) is 9.56. The van der Waals surface area contributed by atoms with E-state index in [4.69, 9.17) is 0 Å². The van der Waals surface area contributed by atoms with Crippen molar-refractivity contribution < 1.29 is 4.79 Å². The summed E-state index contributed by atoms with van der Waals surface area (Å²) in [6, 6.07) is 12.5. The van der Waals surface area contributed by atoms with E-state index in [1.165, 1.54) is 5.56 Å². The molecule has 0 aliphatic rings. The summed E-state index contributed by atoms with van der Waals surface area (Å²) in [7, 11) is 0. The van der Waals surface area contributed by atoms with Crippen molar-refractivity contribution in [3.05, 3.63) is 57.8 Å². The average Bonchev–Trinajstić information content (AvgIpc) is 2.91. The first-order valence-electron chi connectivity index (χ1n) is 6.98. The highest BCUT2D eigenvalue weighted by molar-refractivity contribution is 7.10. The molecule has 0 spiro atoms. The molecule has 1 amide bonds. The highest BCUT2D eigenvalue weighted by Gasteiger charge is 2.11. The highest BCUT2D eigenvalue weighted by atomic mass is 32.1. The van der Waals surface area contributed by atoms with Gasteiger partial charge in [-0.05, 0) is 35.4 Å². The molecule has 0 fully saturated rings. The van der Waals surface area contributed by atoms with Gasteiger partial charge in [-0.25, -0.2) is 0 Å². The van der Waals surface area contributed by atoms with Gasteiger partial charge in [0, 0.05) is 4.88 Å². The Morgan fingerprint density at radius 2 is 1.75 bits per heavy atom. The van der Waals surface area contributed by atoms with E-state index in [1.54, 1.807) is 11.3 Å². The molecule has 0 aliphatic heterocycles. The van der Waals surface area contributed by atoms with Crippen LogP contribution in [-0.2, 0) is 11.2 Å². The van der Waals surface area contributed by atoms with Crippen LogP contribution >= 0.6 is 11.3 Å². The number of rotatable bonds is 5. The first-order valence-corrected chi connectivity index (χ1v) is 7.86. The summed E-state index contributed by atoms with van der Waals surface area (Å²) in [6.07, 6.45) is 0.464. The number of carbonyl (C=O) groups excluding carboxylic acids is 1. The number of hydrogen-bond acceptors (Lipinski definition) is 2. The van der Waals surface area contributed by atoms with Gasteiger partial charge in [-0.15, -0.1) is 11.3 Å².